The van der Waals surface area contributed by atoms with E-state index in [1.165, 1.54) is 154 Å². The van der Waals surface area contributed by atoms with Crippen molar-refractivity contribution in [3.8, 4) is 22.3 Å². The fraction of sp³-hybridized carbons (Fsp3) is 0.392. The maximum absolute atomic E-state index is 2.86. The van der Waals surface area contributed by atoms with Crippen molar-refractivity contribution in [1.82, 2.24) is 0 Å². The third kappa shape index (κ3) is 7.29. The van der Waals surface area contributed by atoms with Gasteiger partial charge in [-0.1, -0.05) is 207 Å². The van der Waals surface area contributed by atoms with Gasteiger partial charge in [0.15, 0.2) is 0 Å². The minimum absolute atomic E-state index is 0.00441. The van der Waals surface area contributed by atoms with Crippen LogP contribution in [0.25, 0.3) is 22.3 Å². The molecule has 0 spiro atoms. The number of hydrogen-bond acceptors (Lipinski definition) is 3. The lowest BCUT2D eigenvalue weighted by Gasteiger charge is -2.51. The van der Waals surface area contributed by atoms with E-state index in [0.717, 1.165) is 25.7 Å². The number of anilines is 8. The summed E-state index contributed by atoms with van der Waals surface area (Å²) in [7, 11) is 0. The summed E-state index contributed by atoms with van der Waals surface area (Å²) in [6.07, 6.45) is 9.45. The molecule has 0 radical (unpaired) electrons. The summed E-state index contributed by atoms with van der Waals surface area (Å²) in [5.41, 5.74) is 31.1. The summed E-state index contributed by atoms with van der Waals surface area (Å²) < 4.78 is 0. The van der Waals surface area contributed by atoms with E-state index in [4.69, 9.17) is 0 Å². The molecule has 0 N–H and O–H groups in total. The first kappa shape index (κ1) is 53.0. The van der Waals surface area contributed by atoms with Crippen molar-refractivity contribution in [3.05, 3.63) is 196 Å². The fourth-order valence-corrected chi connectivity index (χ4v) is 17.8. The van der Waals surface area contributed by atoms with Crippen LogP contribution >= 0.6 is 0 Å². The lowest BCUT2D eigenvalue weighted by molar-refractivity contribution is 0.195. The van der Waals surface area contributed by atoms with E-state index < -0.39 is 0 Å². The van der Waals surface area contributed by atoms with Gasteiger partial charge in [-0.3, -0.25) is 0 Å². The maximum atomic E-state index is 2.86. The van der Waals surface area contributed by atoms with Crippen LogP contribution in [-0.2, 0) is 37.9 Å². The Morgan fingerprint density at radius 2 is 0.940 bits per heavy atom. The molecule has 3 aliphatic heterocycles. The van der Waals surface area contributed by atoms with Gasteiger partial charge in [0.1, 0.15) is 0 Å². The van der Waals surface area contributed by atoms with E-state index >= 15 is 0 Å². The Bertz CT molecular complexity index is 4070. The van der Waals surface area contributed by atoms with Crippen molar-refractivity contribution < 1.29 is 0 Å². The highest BCUT2D eigenvalue weighted by Crippen LogP contribution is 2.63. The molecule has 8 aromatic rings. The number of rotatable bonds is 4. The lowest BCUT2D eigenvalue weighted by atomic mass is 9.33. The van der Waals surface area contributed by atoms with E-state index in [1.54, 1.807) is 0 Å². The molecule has 0 bridgehead atoms. The Morgan fingerprint density at radius 1 is 0.373 bits per heavy atom. The Hall–Kier alpha value is -6.78. The first-order valence-electron chi connectivity index (χ1n) is 31.8. The molecule has 1 saturated carbocycles. The van der Waals surface area contributed by atoms with Crippen LogP contribution in [0.4, 0.5) is 45.5 Å². The summed E-state index contributed by atoms with van der Waals surface area (Å²) >= 11 is 0. The molecular formula is C79H86BN3. The van der Waals surface area contributed by atoms with Gasteiger partial charge in [-0.15, -0.1) is 0 Å². The average Bonchev–Trinajstić information content (AvgIpc) is 1.68. The van der Waals surface area contributed by atoms with Crippen molar-refractivity contribution in [1.29, 1.82) is 0 Å². The molecule has 2 atom stereocenters. The van der Waals surface area contributed by atoms with Crippen LogP contribution in [0, 0.1) is 0 Å². The van der Waals surface area contributed by atoms with Crippen LogP contribution in [0.3, 0.4) is 0 Å². The van der Waals surface area contributed by atoms with Crippen LogP contribution in [0.2, 0.25) is 0 Å². The molecule has 420 valence electrons. The highest BCUT2D eigenvalue weighted by molar-refractivity contribution is 7.00. The Balaban J connectivity index is 1.13. The SMILES string of the molecule is CC(C)(C)c1ccc(N2c3cc4c(cc3B3c5cc6c(cc5N(c5ccc7c(c5)C(C)(C)CCC7(C)C)c5cc(N7c8ccccc8C8(C)CCCCC78C)cc2c53)C(C)(C)CCC6(C)C)-c2ccccc2C4(C)C)c(-c2ccccc2)c1. The first-order valence-corrected chi connectivity index (χ1v) is 31.8. The minimum Gasteiger partial charge on any atom is -0.334 e. The van der Waals surface area contributed by atoms with Gasteiger partial charge in [-0.05, 0) is 205 Å². The van der Waals surface area contributed by atoms with E-state index in [1.807, 2.05) is 0 Å². The zero-order valence-corrected chi connectivity index (χ0v) is 52.5. The van der Waals surface area contributed by atoms with Gasteiger partial charge in [0.25, 0.3) is 6.71 Å². The molecule has 0 aromatic heterocycles. The first-order chi connectivity index (χ1) is 39.3. The number of hydrogen-bond donors (Lipinski definition) is 0. The molecule has 0 amide bonds. The second-order valence-electron chi connectivity index (χ2n) is 31.4. The van der Waals surface area contributed by atoms with Crippen LogP contribution in [0.5, 0.6) is 0 Å². The van der Waals surface area contributed by atoms with E-state index in [9.17, 15) is 0 Å². The minimum atomic E-state index is -0.206. The molecule has 83 heavy (non-hydrogen) atoms. The number of nitrogens with zero attached hydrogens (tertiary/aromatic N) is 3. The van der Waals surface area contributed by atoms with Gasteiger partial charge in [0.2, 0.25) is 0 Å². The molecule has 3 heterocycles. The molecule has 7 aliphatic rings. The molecule has 3 nitrogen and oxygen atoms in total. The Labute approximate surface area is 497 Å². The van der Waals surface area contributed by atoms with Crippen molar-refractivity contribution in [2.75, 3.05) is 14.7 Å². The van der Waals surface area contributed by atoms with Gasteiger partial charge in [0.05, 0.1) is 11.2 Å². The van der Waals surface area contributed by atoms with Gasteiger partial charge < -0.3 is 14.7 Å². The highest BCUT2D eigenvalue weighted by atomic mass is 15.3. The fourth-order valence-electron chi connectivity index (χ4n) is 17.8. The summed E-state index contributed by atoms with van der Waals surface area (Å²) in [6, 6.07) is 61.5. The van der Waals surface area contributed by atoms with Crippen molar-refractivity contribution in [2.24, 2.45) is 0 Å². The predicted molar refractivity (Wildman–Crippen MR) is 356 cm³/mol. The molecular weight excluding hydrogens is 1000 g/mol. The van der Waals surface area contributed by atoms with Crippen molar-refractivity contribution >= 4 is 68.6 Å². The number of benzene rings is 8. The predicted octanol–water partition coefficient (Wildman–Crippen LogP) is 19.5. The molecule has 1 fully saturated rings. The molecule has 4 heteroatoms. The largest absolute Gasteiger partial charge is 0.334 e. The summed E-state index contributed by atoms with van der Waals surface area (Å²) in [6.45, 7) is 37.2. The zero-order valence-electron chi connectivity index (χ0n) is 52.5. The normalized spacial score (nSPS) is 23.0. The molecule has 4 aliphatic carbocycles. The van der Waals surface area contributed by atoms with E-state index in [0.29, 0.717) is 0 Å². The quantitative estimate of drug-likeness (QED) is 0.163. The topological polar surface area (TPSA) is 9.72 Å². The van der Waals surface area contributed by atoms with Crippen LogP contribution in [0.1, 0.15) is 200 Å². The lowest BCUT2D eigenvalue weighted by Crippen LogP contribution is -2.62. The molecule has 2 unspecified atom stereocenters. The number of para-hydroxylation sites is 1. The summed E-state index contributed by atoms with van der Waals surface area (Å²) in [4.78, 5) is 8.43. The summed E-state index contributed by atoms with van der Waals surface area (Å²) in [5.74, 6) is 0. The maximum Gasteiger partial charge on any atom is 0.252 e. The number of fused-ring (bicyclic) bond motifs is 12. The third-order valence-electron chi connectivity index (χ3n) is 23.3. The third-order valence-corrected chi connectivity index (χ3v) is 23.3. The van der Waals surface area contributed by atoms with Gasteiger partial charge in [0, 0.05) is 56.2 Å². The molecule has 15 rings (SSSR count). The second kappa shape index (κ2) is 17.2. The highest BCUT2D eigenvalue weighted by Gasteiger charge is 2.58. The van der Waals surface area contributed by atoms with Crippen molar-refractivity contribution in [2.45, 2.75) is 199 Å². The van der Waals surface area contributed by atoms with E-state index in [2.05, 4.69) is 270 Å². The van der Waals surface area contributed by atoms with Gasteiger partial charge in [-0.25, -0.2) is 0 Å². The van der Waals surface area contributed by atoms with Gasteiger partial charge >= 0.3 is 0 Å². The van der Waals surface area contributed by atoms with E-state index in [-0.39, 0.29) is 50.2 Å². The summed E-state index contributed by atoms with van der Waals surface area (Å²) in [5, 5.41) is 0. The zero-order chi connectivity index (χ0) is 57.9. The van der Waals surface area contributed by atoms with Crippen LogP contribution < -0.4 is 31.1 Å². The van der Waals surface area contributed by atoms with Crippen LogP contribution in [0.15, 0.2) is 152 Å². The van der Waals surface area contributed by atoms with Gasteiger partial charge in [-0.2, -0.15) is 0 Å². The van der Waals surface area contributed by atoms with Crippen LogP contribution in [-0.4, -0.2) is 12.3 Å². The Kier molecular flexibility index (Phi) is 11.0. The smallest absolute Gasteiger partial charge is 0.252 e. The molecule has 8 aromatic carbocycles. The van der Waals surface area contributed by atoms with Crippen molar-refractivity contribution in [3.63, 3.8) is 0 Å². The molecule has 0 saturated heterocycles. The second-order valence-corrected chi connectivity index (χ2v) is 31.4. The Morgan fingerprint density at radius 3 is 1.64 bits per heavy atom. The monoisotopic (exact) mass is 1090 g/mol. The average molecular weight is 1090 g/mol. The standard InChI is InChI=1S/C79H86BN3/c1-72(2,3)50-31-34-65(54(41-50)49-25-17-16-18-26-49)82-68-47-59-55(53-27-19-20-28-56(53)77(59,12)13)45-63(68)80-64-46-61-62(76(10,11)40-39-75(61,8)9)48-67(64)81(51-32-33-57-60(42-51)74(6,7)38-37-73(57,4)5)69-43-52(44-70(82)71(69)80)83-66-30-22-21-29-58(66)78(14)35-23-24-36-79(78,83)15/h16-22,25-34,41-48H,23-24,35-40H2,1-15H3.